The first-order chi connectivity index (χ1) is 13.8. The number of hydrogen-bond acceptors (Lipinski definition) is 0. The first-order valence-electron chi connectivity index (χ1n) is 9.34. The second-order valence-electron chi connectivity index (χ2n) is 6.82. The van der Waals surface area contributed by atoms with E-state index >= 15 is 0 Å². The molecule has 138 valence electrons. The van der Waals surface area contributed by atoms with E-state index in [4.69, 9.17) is 23.2 Å². The molecule has 2 atom stereocenters. The Morgan fingerprint density at radius 3 is 1.07 bits per heavy atom. The van der Waals surface area contributed by atoms with Gasteiger partial charge in [0.15, 0.2) is 0 Å². The fraction of sp³-hybridized carbons (Fsp3) is 0.0769. The van der Waals surface area contributed by atoms with Crippen LogP contribution in [0.2, 0.25) is 10.0 Å². The lowest BCUT2D eigenvalue weighted by atomic mass is 9.74. The van der Waals surface area contributed by atoms with Gasteiger partial charge in [0, 0.05) is 21.9 Å². The average molecular weight is 403 g/mol. The van der Waals surface area contributed by atoms with Gasteiger partial charge in [-0.1, -0.05) is 120 Å². The molecule has 0 aliphatic heterocycles. The van der Waals surface area contributed by atoms with Gasteiger partial charge >= 0.3 is 0 Å². The van der Waals surface area contributed by atoms with Crippen LogP contribution in [0, 0.1) is 0 Å². The first-order valence-corrected chi connectivity index (χ1v) is 10.1. The smallest absolute Gasteiger partial charge is 0.0444 e. The minimum absolute atomic E-state index is 0.0391. The summed E-state index contributed by atoms with van der Waals surface area (Å²) in [7, 11) is 0. The van der Waals surface area contributed by atoms with Crippen molar-refractivity contribution in [1.82, 2.24) is 0 Å². The Hall–Kier alpha value is -2.54. The van der Waals surface area contributed by atoms with Crippen molar-refractivity contribution >= 4 is 23.2 Å². The van der Waals surface area contributed by atoms with Gasteiger partial charge in [-0.3, -0.25) is 0 Å². The van der Waals surface area contributed by atoms with Gasteiger partial charge in [0.25, 0.3) is 0 Å². The molecule has 0 aliphatic carbocycles. The van der Waals surface area contributed by atoms with Crippen LogP contribution in [0.1, 0.15) is 34.1 Å². The lowest BCUT2D eigenvalue weighted by Crippen LogP contribution is -2.15. The molecule has 2 heteroatoms. The molecule has 0 heterocycles. The number of rotatable bonds is 5. The molecule has 0 radical (unpaired) electrons. The van der Waals surface area contributed by atoms with E-state index in [1.807, 2.05) is 48.5 Å². The number of hydrogen-bond donors (Lipinski definition) is 0. The van der Waals surface area contributed by atoms with Gasteiger partial charge in [-0.15, -0.1) is 0 Å². The van der Waals surface area contributed by atoms with Crippen molar-refractivity contribution in [2.24, 2.45) is 0 Å². The highest BCUT2D eigenvalue weighted by Crippen LogP contribution is 2.46. The second-order valence-corrected chi connectivity index (χ2v) is 7.63. The van der Waals surface area contributed by atoms with Crippen LogP contribution in [-0.4, -0.2) is 0 Å². The molecule has 4 aromatic carbocycles. The topological polar surface area (TPSA) is 0 Å². The predicted octanol–water partition coefficient (Wildman–Crippen LogP) is 7.96. The summed E-state index contributed by atoms with van der Waals surface area (Å²) in [6, 6.07) is 37.3. The maximum atomic E-state index is 6.69. The Bertz CT molecular complexity index is 955. The van der Waals surface area contributed by atoms with E-state index in [0.717, 1.165) is 21.2 Å². The van der Waals surface area contributed by atoms with Crippen LogP contribution in [0.4, 0.5) is 0 Å². The molecule has 28 heavy (non-hydrogen) atoms. The average Bonchev–Trinajstić information content (AvgIpc) is 2.75. The van der Waals surface area contributed by atoms with Crippen molar-refractivity contribution in [2.75, 3.05) is 0 Å². The van der Waals surface area contributed by atoms with E-state index in [0.29, 0.717) is 0 Å². The van der Waals surface area contributed by atoms with Crippen molar-refractivity contribution in [3.63, 3.8) is 0 Å². The minimum Gasteiger partial charge on any atom is -0.0840 e. The maximum Gasteiger partial charge on any atom is 0.0444 e. The SMILES string of the molecule is Clc1ccccc1[C@@H](c1ccccc1)[C@H](c1ccccc1)c1ccccc1Cl. The molecule has 0 aromatic heterocycles. The zero-order chi connectivity index (χ0) is 19.3. The molecule has 0 bridgehead atoms. The lowest BCUT2D eigenvalue weighted by Gasteiger charge is -2.30. The summed E-state index contributed by atoms with van der Waals surface area (Å²) in [5.74, 6) is 0.0781. The Labute approximate surface area is 176 Å². The molecule has 0 saturated carbocycles. The summed E-state index contributed by atoms with van der Waals surface area (Å²) in [6.45, 7) is 0. The summed E-state index contributed by atoms with van der Waals surface area (Å²) in [5, 5.41) is 1.54. The van der Waals surface area contributed by atoms with Crippen molar-refractivity contribution < 1.29 is 0 Å². The van der Waals surface area contributed by atoms with Gasteiger partial charge < -0.3 is 0 Å². The molecular formula is C26H20Cl2. The molecule has 0 aliphatic rings. The summed E-state index contributed by atoms with van der Waals surface area (Å²) in [5.41, 5.74) is 4.63. The van der Waals surface area contributed by atoms with Crippen LogP contribution in [0.25, 0.3) is 0 Å². The summed E-state index contributed by atoms with van der Waals surface area (Å²) < 4.78 is 0. The quantitative estimate of drug-likeness (QED) is 0.317. The Morgan fingerprint density at radius 2 is 0.714 bits per heavy atom. The third-order valence-corrected chi connectivity index (χ3v) is 5.82. The highest BCUT2D eigenvalue weighted by molar-refractivity contribution is 6.32. The van der Waals surface area contributed by atoms with Gasteiger partial charge in [0.2, 0.25) is 0 Å². The lowest BCUT2D eigenvalue weighted by molar-refractivity contribution is 0.694. The van der Waals surface area contributed by atoms with Crippen LogP contribution in [0.15, 0.2) is 109 Å². The highest BCUT2D eigenvalue weighted by atomic mass is 35.5. The molecule has 0 fully saturated rings. The second kappa shape index (κ2) is 8.65. The number of benzene rings is 4. The normalized spacial score (nSPS) is 13.1. The minimum atomic E-state index is 0.0391. The van der Waals surface area contributed by atoms with E-state index in [9.17, 15) is 0 Å². The molecule has 0 spiro atoms. The van der Waals surface area contributed by atoms with Gasteiger partial charge in [-0.25, -0.2) is 0 Å². The molecular weight excluding hydrogens is 383 g/mol. The maximum absolute atomic E-state index is 6.69. The predicted molar refractivity (Wildman–Crippen MR) is 119 cm³/mol. The first kappa shape index (κ1) is 18.8. The van der Waals surface area contributed by atoms with Gasteiger partial charge in [0.1, 0.15) is 0 Å². The Morgan fingerprint density at radius 1 is 0.393 bits per heavy atom. The number of halogens is 2. The fourth-order valence-corrected chi connectivity index (χ4v) is 4.39. The molecule has 4 aromatic rings. The van der Waals surface area contributed by atoms with Crippen LogP contribution in [0.5, 0.6) is 0 Å². The standard InChI is InChI=1S/C26H20Cl2/c27-23-17-9-7-15-21(23)25(19-11-3-1-4-12-19)26(20-13-5-2-6-14-20)22-16-8-10-18-24(22)28/h1-18,25-26H/t25-,26-/m1/s1. The molecule has 0 saturated heterocycles. The van der Waals surface area contributed by atoms with Crippen molar-refractivity contribution in [3.8, 4) is 0 Å². The van der Waals surface area contributed by atoms with Crippen molar-refractivity contribution in [1.29, 1.82) is 0 Å². The molecule has 0 amide bonds. The van der Waals surface area contributed by atoms with Crippen LogP contribution >= 0.6 is 23.2 Å². The largest absolute Gasteiger partial charge is 0.0840 e. The van der Waals surface area contributed by atoms with Gasteiger partial charge in [-0.2, -0.15) is 0 Å². The Balaban J connectivity index is 1.99. The third-order valence-electron chi connectivity index (χ3n) is 5.13. The van der Waals surface area contributed by atoms with E-state index in [2.05, 4.69) is 60.7 Å². The molecule has 0 unspecified atom stereocenters. The van der Waals surface area contributed by atoms with Gasteiger partial charge in [0.05, 0.1) is 0 Å². The van der Waals surface area contributed by atoms with Crippen LogP contribution < -0.4 is 0 Å². The van der Waals surface area contributed by atoms with E-state index < -0.39 is 0 Å². The summed E-state index contributed by atoms with van der Waals surface area (Å²) >= 11 is 13.4. The molecule has 0 N–H and O–H groups in total. The van der Waals surface area contributed by atoms with E-state index in [1.165, 1.54) is 11.1 Å². The van der Waals surface area contributed by atoms with E-state index in [1.54, 1.807) is 0 Å². The van der Waals surface area contributed by atoms with Crippen molar-refractivity contribution in [2.45, 2.75) is 11.8 Å². The molecule has 4 rings (SSSR count). The molecule has 0 nitrogen and oxygen atoms in total. The van der Waals surface area contributed by atoms with Crippen molar-refractivity contribution in [3.05, 3.63) is 141 Å². The Kier molecular flexibility index (Phi) is 5.81. The summed E-state index contributed by atoms with van der Waals surface area (Å²) in [4.78, 5) is 0. The zero-order valence-corrected chi connectivity index (χ0v) is 16.8. The highest BCUT2D eigenvalue weighted by Gasteiger charge is 2.30. The fourth-order valence-electron chi connectivity index (χ4n) is 3.88. The van der Waals surface area contributed by atoms with Crippen LogP contribution in [0.3, 0.4) is 0 Å². The monoisotopic (exact) mass is 402 g/mol. The van der Waals surface area contributed by atoms with E-state index in [-0.39, 0.29) is 11.8 Å². The summed E-state index contributed by atoms with van der Waals surface area (Å²) in [6.07, 6.45) is 0. The van der Waals surface area contributed by atoms with Gasteiger partial charge in [-0.05, 0) is 34.4 Å². The zero-order valence-electron chi connectivity index (χ0n) is 15.3. The van der Waals surface area contributed by atoms with Crippen LogP contribution in [-0.2, 0) is 0 Å². The third kappa shape index (κ3) is 3.85.